The zero-order valence-corrected chi connectivity index (χ0v) is 16.1. The zero-order chi connectivity index (χ0) is 19.0. The molecule has 0 heterocycles. The lowest BCUT2D eigenvalue weighted by Crippen LogP contribution is -2.29. The summed E-state index contributed by atoms with van der Waals surface area (Å²) in [4.78, 5) is 14.8. The maximum atomic E-state index is 12.2. The Morgan fingerprint density at radius 3 is 2.15 bits per heavy atom. The van der Waals surface area contributed by atoms with Crippen molar-refractivity contribution in [1.29, 1.82) is 0 Å². The van der Waals surface area contributed by atoms with Crippen LogP contribution in [0.2, 0.25) is 0 Å². The van der Waals surface area contributed by atoms with E-state index in [2.05, 4.69) is 24.1 Å². The summed E-state index contributed by atoms with van der Waals surface area (Å²) in [7, 11) is -3.38. The fourth-order valence-electron chi connectivity index (χ4n) is 2.61. The average molecular weight is 375 g/mol. The van der Waals surface area contributed by atoms with Gasteiger partial charge in [0.2, 0.25) is 0 Å². The van der Waals surface area contributed by atoms with Gasteiger partial charge in [-0.05, 0) is 42.9 Å². The smallest absolute Gasteiger partial charge is 0.251 e. The highest BCUT2D eigenvalue weighted by Crippen LogP contribution is 2.10. The van der Waals surface area contributed by atoms with Crippen molar-refractivity contribution < 1.29 is 13.2 Å². The summed E-state index contributed by atoms with van der Waals surface area (Å²) in [6.07, 6.45) is 0. The van der Waals surface area contributed by atoms with Crippen molar-refractivity contribution >= 4 is 15.7 Å². The van der Waals surface area contributed by atoms with Crippen molar-refractivity contribution in [3.8, 4) is 0 Å². The quantitative estimate of drug-likeness (QED) is 0.733. The van der Waals surface area contributed by atoms with Crippen LogP contribution in [0.1, 0.15) is 29.8 Å². The van der Waals surface area contributed by atoms with E-state index in [0.29, 0.717) is 5.56 Å². The molecule has 0 unspecified atom stereocenters. The minimum atomic E-state index is -3.38. The van der Waals surface area contributed by atoms with Gasteiger partial charge < -0.3 is 5.32 Å². The van der Waals surface area contributed by atoms with Crippen molar-refractivity contribution in [2.75, 3.05) is 25.4 Å². The van der Waals surface area contributed by atoms with E-state index < -0.39 is 9.84 Å². The SMILES string of the molecule is CCN(CC)Cc1ccc(C(=O)NCCS(=O)(=O)c2ccccc2)cc1. The summed E-state index contributed by atoms with van der Waals surface area (Å²) in [5.41, 5.74) is 1.68. The first-order valence-corrected chi connectivity index (χ1v) is 10.5. The Morgan fingerprint density at radius 1 is 0.962 bits per heavy atom. The molecular formula is C20H26N2O3S. The summed E-state index contributed by atoms with van der Waals surface area (Å²) in [5, 5.41) is 2.68. The van der Waals surface area contributed by atoms with Crippen molar-refractivity contribution in [2.45, 2.75) is 25.3 Å². The van der Waals surface area contributed by atoms with Gasteiger partial charge >= 0.3 is 0 Å². The lowest BCUT2D eigenvalue weighted by atomic mass is 10.1. The maximum Gasteiger partial charge on any atom is 0.251 e. The van der Waals surface area contributed by atoms with E-state index in [4.69, 9.17) is 0 Å². The predicted octanol–water partition coefficient (Wildman–Crippen LogP) is 2.73. The molecule has 0 fully saturated rings. The molecule has 5 nitrogen and oxygen atoms in total. The van der Waals surface area contributed by atoms with Gasteiger partial charge in [0, 0.05) is 18.7 Å². The largest absolute Gasteiger partial charge is 0.351 e. The highest BCUT2D eigenvalue weighted by atomic mass is 32.2. The van der Waals surface area contributed by atoms with E-state index >= 15 is 0 Å². The summed E-state index contributed by atoms with van der Waals surface area (Å²) in [5.74, 6) is -0.384. The van der Waals surface area contributed by atoms with Crippen LogP contribution < -0.4 is 5.32 Å². The zero-order valence-electron chi connectivity index (χ0n) is 15.3. The van der Waals surface area contributed by atoms with E-state index in [-0.39, 0.29) is 23.1 Å². The van der Waals surface area contributed by atoms with Crippen LogP contribution in [-0.4, -0.2) is 44.6 Å². The molecule has 0 saturated carbocycles. The van der Waals surface area contributed by atoms with Crippen molar-refractivity contribution in [1.82, 2.24) is 10.2 Å². The van der Waals surface area contributed by atoms with Gasteiger partial charge in [-0.2, -0.15) is 0 Å². The maximum absolute atomic E-state index is 12.2. The summed E-state index contributed by atoms with van der Waals surface area (Å²) in [6, 6.07) is 15.7. The molecule has 2 rings (SSSR count). The second-order valence-corrected chi connectivity index (χ2v) is 8.16. The Labute approximate surface area is 156 Å². The van der Waals surface area contributed by atoms with Crippen LogP contribution in [0.25, 0.3) is 0 Å². The molecular weight excluding hydrogens is 348 g/mol. The number of nitrogens with zero attached hydrogens (tertiary/aromatic N) is 1. The topological polar surface area (TPSA) is 66.5 Å². The van der Waals surface area contributed by atoms with E-state index in [1.165, 1.54) is 0 Å². The molecule has 0 aliphatic heterocycles. The number of carbonyl (C=O) groups excluding carboxylic acids is 1. The Balaban J connectivity index is 1.88. The highest BCUT2D eigenvalue weighted by Gasteiger charge is 2.14. The molecule has 1 amide bonds. The number of nitrogens with one attached hydrogen (secondary N) is 1. The third-order valence-corrected chi connectivity index (χ3v) is 6.01. The van der Waals surface area contributed by atoms with Crippen molar-refractivity contribution in [3.05, 3.63) is 65.7 Å². The number of carbonyl (C=O) groups is 1. The highest BCUT2D eigenvalue weighted by molar-refractivity contribution is 7.91. The van der Waals surface area contributed by atoms with E-state index in [1.54, 1.807) is 42.5 Å². The van der Waals surface area contributed by atoms with Gasteiger partial charge in [-0.25, -0.2) is 8.42 Å². The molecule has 0 bridgehead atoms. The Morgan fingerprint density at radius 2 is 1.58 bits per heavy atom. The van der Waals surface area contributed by atoms with Gasteiger partial charge in [-0.15, -0.1) is 0 Å². The molecule has 2 aromatic carbocycles. The van der Waals surface area contributed by atoms with Crippen LogP contribution >= 0.6 is 0 Å². The van der Waals surface area contributed by atoms with Crippen LogP contribution in [0.3, 0.4) is 0 Å². The van der Waals surface area contributed by atoms with Gasteiger partial charge in [-0.1, -0.05) is 44.2 Å². The predicted molar refractivity (Wildman–Crippen MR) is 104 cm³/mol. The van der Waals surface area contributed by atoms with Crippen LogP contribution in [-0.2, 0) is 16.4 Å². The van der Waals surface area contributed by atoms with Crippen LogP contribution in [0.5, 0.6) is 0 Å². The second-order valence-electron chi connectivity index (χ2n) is 6.05. The molecule has 0 radical (unpaired) electrons. The number of sulfone groups is 1. The van der Waals surface area contributed by atoms with Crippen molar-refractivity contribution in [3.63, 3.8) is 0 Å². The number of hydrogen-bond acceptors (Lipinski definition) is 4. The molecule has 2 aromatic rings. The van der Waals surface area contributed by atoms with Gasteiger partial charge in [0.1, 0.15) is 0 Å². The van der Waals surface area contributed by atoms with Gasteiger partial charge in [-0.3, -0.25) is 9.69 Å². The Kier molecular flexibility index (Phi) is 7.36. The lowest BCUT2D eigenvalue weighted by molar-refractivity contribution is 0.0956. The molecule has 26 heavy (non-hydrogen) atoms. The van der Waals surface area contributed by atoms with Crippen LogP contribution in [0.4, 0.5) is 0 Å². The number of hydrogen-bond donors (Lipinski definition) is 1. The van der Waals surface area contributed by atoms with Gasteiger partial charge in [0.05, 0.1) is 10.6 Å². The van der Waals surface area contributed by atoms with E-state index in [0.717, 1.165) is 25.2 Å². The average Bonchev–Trinajstić information content (AvgIpc) is 2.67. The van der Waals surface area contributed by atoms with Crippen molar-refractivity contribution in [2.24, 2.45) is 0 Å². The molecule has 0 atom stereocenters. The minimum absolute atomic E-state index is 0.0806. The normalized spacial score (nSPS) is 11.5. The third kappa shape index (κ3) is 5.68. The standard InChI is InChI=1S/C20H26N2O3S/c1-3-22(4-2)16-17-10-12-18(13-11-17)20(23)21-14-15-26(24,25)19-8-6-5-7-9-19/h5-13H,3-4,14-16H2,1-2H3,(H,21,23). The molecule has 0 aliphatic carbocycles. The Bertz CT molecular complexity index is 799. The molecule has 0 aromatic heterocycles. The fraction of sp³-hybridized carbons (Fsp3) is 0.350. The molecule has 140 valence electrons. The molecule has 0 spiro atoms. The number of rotatable bonds is 9. The summed E-state index contributed by atoms with van der Waals surface area (Å²) in [6.45, 7) is 7.13. The first-order chi connectivity index (χ1) is 12.5. The van der Waals surface area contributed by atoms with E-state index in [9.17, 15) is 13.2 Å². The first kappa shape index (κ1) is 20.1. The van der Waals surface area contributed by atoms with Gasteiger partial charge in [0.15, 0.2) is 9.84 Å². The molecule has 1 N–H and O–H groups in total. The third-order valence-electron chi connectivity index (χ3n) is 4.28. The fourth-order valence-corrected chi connectivity index (χ4v) is 3.79. The second kappa shape index (κ2) is 9.50. The minimum Gasteiger partial charge on any atom is -0.351 e. The van der Waals surface area contributed by atoms with E-state index in [1.807, 2.05) is 12.1 Å². The molecule has 0 saturated heterocycles. The van der Waals surface area contributed by atoms with Crippen LogP contribution in [0.15, 0.2) is 59.5 Å². The first-order valence-electron chi connectivity index (χ1n) is 8.83. The number of amides is 1. The lowest BCUT2D eigenvalue weighted by Gasteiger charge is -2.18. The van der Waals surface area contributed by atoms with Crippen LogP contribution in [0, 0.1) is 0 Å². The summed E-state index contributed by atoms with van der Waals surface area (Å²) < 4.78 is 24.4. The summed E-state index contributed by atoms with van der Waals surface area (Å²) >= 11 is 0. The molecule has 0 aliphatic rings. The van der Waals surface area contributed by atoms with Gasteiger partial charge in [0.25, 0.3) is 5.91 Å². The Hall–Kier alpha value is -2.18. The monoisotopic (exact) mass is 374 g/mol. The number of benzene rings is 2. The molecule has 6 heteroatoms.